The first-order valence-electron chi connectivity index (χ1n) is 17.7. The predicted octanol–water partition coefficient (Wildman–Crippen LogP) is 4.76. The van der Waals surface area contributed by atoms with Gasteiger partial charge in [0.2, 0.25) is 11.8 Å². The standard InChI is InChI=1S/C40H54N6O8/c1-39(2,3)32(44-36(50)45-37(51)54-8)34(48)43-30(23-25-14-10-9-11-15-25)31(47)24-28(42-35(49)33(40(4,5)6)46(7)38(52)53)22-26-17-19-27(20-18-26)29-16-12-13-21-41-29/h9-21,28,30-33,47H,22-24H2,1-8H3,(H,42,49)(H,43,48)(H,52,53)(H2,44,45,50,51)/t28-,30-,31-,32?,33+/m0/s1. The molecule has 14 nitrogen and oxygen atoms in total. The molecule has 0 aliphatic rings. The van der Waals surface area contributed by atoms with Gasteiger partial charge in [-0.05, 0) is 53.4 Å². The number of ether oxygens (including phenoxy) is 1. The fourth-order valence-electron chi connectivity index (χ4n) is 6.22. The number of hydrogen-bond acceptors (Lipinski definition) is 8. The summed E-state index contributed by atoms with van der Waals surface area (Å²) in [5, 5.41) is 32.2. The van der Waals surface area contributed by atoms with E-state index in [1.165, 1.54) is 7.05 Å². The van der Waals surface area contributed by atoms with Gasteiger partial charge in [0, 0.05) is 24.8 Å². The van der Waals surface area contributed by atoms with Crippen LogP contribution in [0.5, 0.6) is 0 Å². The molecule has 0 fully saturated rings. The van der Waals surface area contributed by atoms with E-state index in [2.05, 4.69) is 25.7 Å². The quantitative estimate of drug-likeness (QED) is 0.135. The monoisotopic (exact) mass is 746 g/mol. The summed E-state index contributed by atoms with van der Waals surface area (Å²) < 4.78 is 4.49. The summed E-state index contributed by atoms with van der Waals surface area (Å²) in [6, 6.07) is 17.7. The molecular formula is C40H54N6O8. The lowest BCUT2D eigenvalue weighted by atomic mass is 9.84. The molecule has 6 amide bonds. The number of carbonyl (C=O) groups is 5. The van der Waals surface area contributed by atoms with Gasteiger partial charge in [-0.15, -0.1) is 0 Å². The van der Waals surface area contributed by atoms with Crippen LogP contribution in [0.3, 0.4) is 0 Å². The number of pyridine rings is 1. The number of carbonyl (C=O) groups excluding carboxylic acids is 4. The van der Waals surface area contributed by atoms with Crippen LogP contribution in [0.4, 0.5) is 14.4 Å². The maximum atomic E-state index is 13.9. The number of aliphatic hydroxyl groups excluding tert-OH is 1. The number of rotatable bonds is 14. The number of benzene rings is 2. The summed E-state index contributed by atoms with van der Waals surface area (Å²) >= 11 is 0. The van der Waals surface area contributed by atoms with E-state index in [0.29, 0.717) is 0 Å². The van der Waals surface area contributed by atoms with Gasteiger partial charge in [-0.1, -0.05) is 102 Å². The molecule has 0 saturated carbocycles. The normalized spacial score (nSPS) is 14.3. The Kier molecular flexibility index (Phi) is 15.1. The van der Waals surface area contributed by atoms with Crippen LogP contribution in [-0.2, 0) is 27.2 Å². The van der Waals surface area contributed by atoms with Gasteiger partial charge in [0.25, 0.3) is 0 Å². The molecule has 6 N–H and O–H groups in total. The zero-order chi connectivity index (χ0) is 40.2. The number of carboxylic acid groups (broad SMARTS) is 1. The number of aliphatic hydroxyl groups is 1. The van der Waals surface area contributed by atoms with Gasteiger partial charge in [-0.2, -0.15) is 0 Å². The largest absolute Gasteiger partial charge is 0.465 e. The lowest BCUT2D eigenvalue weighted by Gasteiger charge is -2.37. The number of methoxy groups -OCH3 is 1. The first-order chi connectivity index (χ1) is 25.3. The molecule has 292 valence electrons. The van der Waals surface area contributed by atoms with E-state index in [1.807, 2.05) is 78.1 Å². The van der Waals surface area contributed by atoms with E-state index < -0.39 is 71.1 Å². The second-order valence-corrected chi connectivity index (χ2v) is 15.5. The molecular weight excluding hydrogens is 692 g/mol. The zero-order valence-electron chi connectivity index (χ0n) is 32.3. The molecule has 0 radical (unpaired) electrons. The molecule has 5 atom stereocenters. The third kappa shape index (κ3) is 12.9. The molecule has 3 aromatic rings. The molecule has 14 heteroatoms. The first-order valence-corrected chi connectivity index (χ1v) is 17.7. The summed E-state index contributed by atoms with van der Waals surface area (Å²) in [5.41, 5.74) is 1.73. The highest BCUT2D eigenvalue weighted by molar-refractivity contribution is 5.94. The van der Waals surface area contributed by atoms with E-state index in [4.69, 9.17) is 0 Å². The fourth-order valence-corrected chi connectivity index (χ4v) is 6.22. The van der Waals surface area contributed by atoms with Crippen LogP contribution in [0.2, 0.25) is 0 Å². The molecule has 1 aromatic heterocycles. The lowest BCUT2D eigenvalue weighted by Crippen LogP contribution is -2.60. The van der Waals surface area contributed by atoms with Gasteiger partial charge in [-0.25, -0.2) is 19.7 Å². The number of imide groups is 1. The van der Waals surface area contributed by atoms with Crippen molar-refractivity contribution in [1.82, 2.24) is 31.2 Å². The number of alkyl carbamates (subject to hydrolysis) is 1. The summed E-state index contributed by atoms with van der Waals surface area (Å²) in [6.07, 6.45) is -1.36. The Balaban J connectivity index is 1.97. The fraction of sp³-hybridized carbons (Fsp3) is 0.450. The number of nitrogens with zero attached hydrogens (tertiary/aromatic N) is 2. The van der Waals surface area contributed by atoms with Crippen molar-refractivity contribution in [3.63, 3.8) is 0 Å². The van der Waals surface area contributed by atoms with E-state index >= 15 is 0 Å². The summed E-state index contributed by atoms with van der Waals surface area (Å²) in [6.45, 7) is 10.5. The number of urea groups is 1. The number of aromatic nitrogens is 1. The molecule has 0 aliphatic carbocycles. The molecule has 0 aliphatic heterocycles. The molecule has 2 aromatic carbocycles. The van der Waals surface area contributed by atoms with Crippen LogP contribution in [0.15, 0.2) is 79.0 Å². The summed E-state index contributed by atoms with van der Waals surface area (Å²) in [5.74, 6) is -1.14. The Bertz CT molecular complexity index is 1710. The van der Waals surface area contributed by atoms with Crippen LogP contribution >= 0.6 is 0 Å². The Morgan fingerprint density at radius 2 is 1.39 bits per heavy atom. The van der Waals surface area contributed by atoms with Crippen molar-refractivity contribution in [2.45, 2.75) is 91.1 Å². The van der Waals surface area contributed by atoms with E-state index in [-0.39, 0.29) is 19.3 Å². The van der Waals surface area contributed by atoms with Crippen molar-refractivity contribution in [2.75, 3.05) is 14.2 Å². The van der Waals surface area contributed by atoms with Crippen molar-refractivity contribution in [3.05, 3.63) is 90.1 Å². The molecule has 1 heterocycles. The highest BCUT2D eigenvalue weighted by Gasteiger charge is 2.39. The Morgan fingerprint density at radius 1 is 0.778 bits per heavy atom. The van der Waals surface area contributed by atoms with Crippen molar-refractivity contribution in [2.24, 2.45) is 10.8 Å². The second-order valence-electron chi connectivity index (χ2n) is 15.5. The first kappa shape index (κ1) is 42.9. The SMILES string of the molecule is COC(=O)NC(=O)NC(C(=O)N[C@@H](Cc1ccccc1)[C@@H](O)C[C@H](Cc1ccc(-c2ccccn2)cc1)NC(=O)[C@@H](N(C)C(=O)O)C(C)(C)C)C(C)(C)C. The van der Waals surface area contributed by atoms with Crippen molar-refractivity contribution in [1.29, 1.82) is 0 Å². The number of nitrogens with one attached hydrogen (secondary N) is 4. The minimum Gasteiger partial charge on any atom is -0.465 e. The summed E-state index contributed by atoms with van der Waals surface area (Å²) in [4.78, 5) is 69.5. The van der Waals surface area contributed by atoms with E-state index in [9.17, 15) is 34.2 Å². The molecule has 0 bridgehead atoms. The molecule has 1 unspecified atom stereocenters. The Hall–Kier alpha value is -5.50. The van der Waals surface area contributed by atoms with Gasteiger partial charge in [0.1, 0.15) is 12.1 Å². The van der Waals surface area contributed by atoms with Gasteiger partial charge in [-0.3, -0.25) is 19.5 Å². The second kappa shape index (κ2) is 19.0. The van der Waals surface area contributed by atoms with Crippen LogP contribution in [0.25, 0.3) is 11.3 Å². The number of hydrogen-bond donors (Lipinski definition) is 6. The van der Waals surface area contributed by atoms with E-state index in [0.717, 1.165) is 34.4 Å². The average Bonchev–Trinajstić information content (AvgIpc) is 3.10. The summed E-state index contributed by atoms with van der Waals surface area (Å²) in [7, 11) is 2.45. The molecule has 3 rings (SSSR count). The minimum atomic E-state index is -1.26. The van der Waals surface area contributed by atoms with Gasteiger partial charge >= 0.3 is 18.2 Å². The van der Waals surface area contributed by atoms with Crippen molar-refractivity contribution in [3.8, 4) is 11.3 Å². The third-order valence-electron chi connectivity index (χ3n) is 8.92. The van der Waals surface area contributed by atoms with Crippen LogP contribution < -0.4 is 21.3 Å². The van der Waals surface area contributed by atoms with Crippen molar-refractivity contribution >= 4 is 30.0 Å². The topological polar surface area (TPSA) is 199 Å². The van der Waals surface area contributed by atoms with Gasteiger partial charge < -0.3 is 30.9 Å². The highest BCUT2D eigenvalue weighted by atomic mass is 16.5. The molecule has 0 saturated heterocycles. The minimum absolute atomic E-state index is 0.0321. The van der Waals surface area contributed by atoms with E-state index in [1.54, 1.807) is 47.7 Å². The lowest BCUT2D eigenvalue weighted by molar-refractivity contribution is -0.130. The van der Waals surface area contributed by atoms with Gasteiger partial charge in [0.05, 0.1) is 24.9 Å². The maximum Gasteiger partial charge on any atom is 0.415 e. The average molecular weight is 747 g/mol. The third-order valence-corrected chi connectivity index (χ3v) is 8.92. The molecule has 0 spiro atoms. The van der Waals surface area contributed by atoms with Crippen LogP contribution in [0.1, 0.15) is 59.1 Å². The van der Waals surface area contributed by atoms with Crippen LogP contribution in [0, 0.1) is 10.8 Å². The van der Waals surface area contributed by atoms with Crippen molar-refractivity contribution < 1.29 is 38.9 Å². The Morgan fingerprint density at radius 3 is 1.93 bits per heavy atom. The smallest absolute Gasteiger partial charge is 0.415 e. The highest BCUT2D eigenvalue weighted by Crippen LogP contribution is 2.26. The maximum absolute atomic E-state index is 13.9. The molecule has 54 heavy (non-hydrogen) atoms. The van der Waals surface area contributed by atoms with Crippen LogP contribution in [-0.4, -0.2) is 94.6 Å². The number of likely N-dealkylation sites (N-methyl/N-ethyl adjacent to an activating group) is 1. The number of amides is 6. The zero-order valence-corrected chi connectivity index (χ0v) is 32.3. The predicted molar refractivity (Wildman–Crippen MR) is 204 cm³/mol. The Labute approximate surface area is 317 Å². The van der Waals surface area contributed by atoms with Gasteiger partial charge in [0.15, 0.2) is 0 Å².